The van der Waals surface area contributed by atoms with Crippen LogP contribution in [0.2, 0.25) is 0 Å². The lowest BCUT2D eigenvalue weighted by molar-refractivity contribution is -0.139. The molecule has 0 aliphatic carbocycles. The molecule has 11 heteroatoms. The number of amides is 2. The molecule has 42 heavy (non-hydrogen) atoms. The van der Waals surface area contributed by atoms with E-state index in [1.807, 2.05) is 18.2 Å². The van der Waals surface area contributed by atoms with Gasteiger partial charge in [0.25, 0.3) is 5.91 Å². The molecule has 1 aromatic heterocycles. The van der Waals surface area contributed by atoms with E-state index in [9.17, 15) is 27.9 Å². The van der Waals surface area contributed by atoms with Gasteiger partial charge in [-0.1, -0.05) is 48.5 Å². The van der Waals surface area contributed by atoms with E-state index in [1.54, 1.807) is 48.7 Å². The highest BCUT2D eigenvalue weighted by Gasteiger charge is 2.27. The summed E-state index contributed by atoms with van der Waals surface area (Å²) in [6, 6.07) is 24.2. The van der Waals surface area contributed by atoms with Gasteiger partial charge >= 0.3 is 5.97 Å². The van der Waals surface area contributed by atoms with Crippen LogP contribution in [0.15, 0.2) is 113 Å². The van der Waals surface area contributed by atoms with E-state index < -0.39 is 27.8 Å². The average Bonchev–Trinajstić information content (AvgIpc) is 3.00. The first-order chi connectivity index (χ1) is 20.2. The molecule has 0 radical (unpaired) electrons. The minimum atomic E-state index is -4.01. The monoisotopic (exact) mass is 586 g/mol. The number of rotatable bonds is 13. The normalized spacial score (nSPS) is 11.7. The van der Waals surface area contributed by atoms with E-state index >= 15 is 0 Å². The molecule has 0 aliphatic rings. The Morgan fingerprint density at radius 2 is 1.52 bits per heavy atom. The first-order valence-electron chi connectivity index (χ1n) is 13.2. The van der Waals surface area contributed by atoms with Gasteiger partial charge in [-0.2, -0.15) is 0 Å². The summed E-state index contributed by atoms with van der Waals surface area (Å²) in [6.45, 7) is 0.592. The highest BCUT2D eigenvalue weighted by atomic mass is 32.2. The zero-order valence-electron chi connectivity index (χ0n) is 22.6. The lowest BCUT2D eigenvalue weighted by atomic mass is 10.0. The van der Waals surface area contributed by atoms with Crippen molar-refractivity contribution in [2.45, 2.75) is 35.1 Å². The van der Waals surface area contributed by atoms with Gasteiger partial charge in [-0.3, -0.25) is 9.59 Å². The predicted octanol–water partition coefficient (Wildman–Crippen LogP) is 4.17. The third-order valence-electron chi connectivity index (χ3n) is 6.31. The van der Waals surface area contributed by atoms with Gasteiger partial charge in [0, 0.05) is 31.3 Å². The third kappa shape index (κ3) is 8.01. The summed E-state index contributed by atoms with van der Waals surface area (Å²) in [5, 5.41) is 18.2. The number of sulfone groups is 1. The molecule has 0 spiro atoms. The molecule has 4 N–H and O–H groups in total. The minimum Gasteiger partial charge on any atom is -0.480 e. The van der Waals surface area contributed by atoms with Crippen LogP contribution in [0, 0.1) is 0 Å². The van der Waals surface area contributed by atoms with Crippen LogP contribution in [0.4, 0.5) is 11.5 Å². The van der Waals surface area contributed by atoms with Gasteiger partial charge in [0.1, 0.15) is 11.9 Å². The lowest BCUT2D eigenvalue weighted by Crippen LogP contribution is -2.42. The number of carboxylic acids is 1. The molecule has 1 atom stereocenters. The maximum absolute atomic E-state index is 13.2. The van der Waals surface area contributed by atoms with Gasteiger partial charge in [-0.25, -0.2) is 18.2 Å². The van der Waals surface area contributed by atoms with Gasteiger partial charge < -0.3 is 21.1 Å². The number of aromatic nitrogens is 1. The lowest BCUT2D eigenvalue weighted by Gasteiger charge is -2.17. The smallest absolute Gasteiger partial charge is 0.326 e. The molecule has 0 bridgehead atoms. The van der Waals surface area contributed by atoms with Crippen LogP contribution < -0.4 is 16.0 Å². The summed E-state index contributed by atoms with van der Waals surface area (Å²) in [7, 11) is -4.01. The second-order valence-corrected chi connectivity index (χ2v) is 11.3. The van der Waals surface area contributed by atoms with Crippen LogP contribution in [0.3, 0.4) is 0 Å². The molecule has 0 fully saturated rings. The largest absolute Gasteiger partial charge is 0.480 e. The number of anilines is 2. The second kappa shape index (κ2) is 14.0. The minimum absolute atomic E-state index is 0.0216. The fourth-order valence-corrected chi connectivity index (χ4v) is 5.64. The summed E-state index contributed by atoms with van der Waals surface area (Å²) < 4.78 is 26.4. The van der Waals surface area contributed by atoms with Crippen molar-refractivity contribution in [2.24, 2.45) is 0 Å². The summed E-state index contributed by atoms with van der Waals surface area (Å²) in [4.78, 5) is 41.4. The summed E-state index contributed by atoms with van der Waals surface area (Å²) in [6.07, 6.45) is 2.54. The Kier molecular flexibility index (Phi) is 10.0. The maximum Gasteiger partial charge on any atom is 0.326 e. The van der Waals surface area contributed by atoms with Crippen molar-refractivity contribution in [1.29, 1.82) is 0 Å². The summed E-state index contributed by atoms with van der Waals surface area (Å²) >= 11 is 0. The Balaban J connectivity index is 1.34. The molecule has 0 saturated heterocycles. The molecular formula is C31H30N4O6S. The fraction of sp³-hybridized carbons (Fsp3) is 0.161. The summed E-state index contributed by atoms with van der Waals surface area (Å²) in [5.41, 5.74) is 1.00. The standard InChI is InChI=1S/C31H30N4O6S/c36-29(14-8-20-33-28-13-6-7-19-32-28)34-23-17-15-22(16-18-23)21-26(31(38)39)35-30(37)25-11-4-5-12-27(25)42(40,41)24-9-2-1-3-10-24/h1-7,9-13,15-19,26H,8,14,20-21H2,(H,32,33)(H,34,36)(H,35,37)(H,38,39)/t26-/m0/s1. The number of pyridine rings is 1. The van der Waals surface area contributed by atoms with Gasteiger partial charge in [-0.15, -0.1) is 0 Å². The number of carbonyl (C=O) groups excluding carboxylic acids is 2. The van der Waals surface area contributed by atoms with Gasteiger partial charge in [0.05, 0.1) is 15.4 Å². The molecular weight excluding hydrogens is 556 g/mol. The number of nitrogens with one attached hydrogen (secondary N) is 3. The Morgan fingerprint density at radius 1 is 0.833 bits per heavy atom. The fourth-order valence-electron chi connectivity index (χ4n) is 4.17. The number of carbonyl (C=O) groups is 3. The SMILES string of the molecule is O=C(CCCNc1ccccn1)Nc1ccc(C[C@H](NC(=O)c2ccccc2S(=O)(=O)c2ccccc2)C(=O)O)cc1. The number of benzene rings is 3. The number of carboxylic acid groups (broad SMARTS) is 1. The van der Waals surface area contributed by atoms with Crippen molar-refractivity contribution in [3.63, 3.8) is 0 Å². The first-order valence-corrected chi connectivity index (χ1v) is 14.7. The molecule has 4 aromatic rings. The van der Waals surface area contributed by atoms with Crippen molar-refractivity contribution in [3.8, 4) is 0 Å². The zero-order valence-corrected chi connectivity index (χ0v) is 23.4. The van der Waals surface area contributed by atoms with Gasteiger partial charge in [0.15, 0.2) is 0 Å². The van der Waals surface area contributed by atoms with E-state index in [4.69, 9.17) is 0 Å². The van der Waals surface area contributed by atoms with Gasteiger partial charge in [0.2, 0.25) is 15.7 Å². The quantitative estimate of drug-likeness (QED) is 0.170. The van der Waals surface area contributed by atoms with Crippen molar-refractivity contribution < 1.29 is 27.9 Å². The first kappa shape index (κ1) is 29.9. The van der Waals surface area contributed by atoms with Gasteiger partial charge in [-0.05, 0) is 60.5 Å². The molecule has 216 valence electrons. The number of nitrogens with zero attached hydrogens (tertiary/aromatic N) is 1. The Labute approximate surface area is 243 Å². The molecule has 0 aliphatic heterocycles. The van der Waals surface area contributed by atoms with Crippen LogP contribution >= 0.6 is 0 Å². The number of hydrogen-bond acceptors (Lipinski definition) is 7. The highest BCUT2D eigenvalue weighted by Crippen LogP contribution is 2.24. The average molecular weight is 587 g/mol. The van der Waals surface area contributed by atoms with Crippen molar-refractivity contribution in [3.05, 3.63) is 114 Å². The van der Waals surface area contributed by atoms with E-state index in [2.05, 4.69) is 20.9 Å². The summed E-state index contributed by atoms with van der Waals surface area (Å²) in [5.74, 6) is -1.52. The molecule has 10 nitrogen and oxygen atoms in total. The van der Waals surface area contributed by atoms with Crippen LogP contribution in [-0.4, -0.2) is 48.9 Å². The Hall–Kier alpha value is -5.03. The van der Waals surface area contributed by atoms with Crippen molar-refractivity contribution in [2.75, 3.05) is 17.2 Å². The molecule has 3 aromatic carbocycles. The van der Waals surface area contributed by atoms with Crippen LogP contribution in [0.5, 0.6) is 0 Å². The maximum atomic E-state index is 13.2. The van der Waals surface area contributed by atoms with E-state index in [0.717, 1.165) is 5.82 Å². The topological polar surface area (TPSA) is 155 Å². The van der Waals surface area contributed by atoms with E-state index in [1.165, 1.54) is 36.4 Å². The predicted molar refractivity (Wildman–Crippen MR) is 158 cm³/mol. The van der Waals surface area contributed by atoms with Crippen molar-refractivity contribution in [1.82, 2.24) is 10.3 Å². The Bertz CT molecular complexity index is 1630. The number of hydrogen-bond donors (Lipinski definition) is 4. The van der Waals surface area contributed by atoms with Crippen LogP contribution in [0.25, 0.3) is 0 Å². The zero-order chi connectivity index (χ0) is 30.0. The molecule has 1 heterocycles. The third-order valence-corrected chi connectivity index (χ3v) is 8.14. The highest BCUT2D eigenvalue weighted by molar-refractivity contribution is 7.91. The van der Waals surface area contributed by atoms with Crippen LogP contribution in [0.1, 0.15) is 28.8 Å². The van der Waals surface area contributed by atoms with E-state index in [0.29, 0.717) is 30.6 Å². The molecule has 0 saturated carbocycles. The Morgan fingerprint density at radius 3 is 2.21 bits per heavy atom. The molecule has 0 unspecified atom stereocenters. The number of aliphatic carboxylic acids is 1. The van der Waals surface area contributed by atoms with E-state index in [-0.39, 0.29) is 27.7 Å². The second-order valence-electron chi connectivity index (χ2n) is 9.37. The molecule has 4 rings (SSSR count). The van der Waals surface area contributed by atoms with Crippen molar-refractivity contribution >= 4 is 39.1 Å². The van der Waals surface area contributed by atoms with Crippen LogP contribution in [-0.2, 0) is 25.8 Å². The molecule has 2 amide bonds.